The van der Waals surface area contributed by atoms with Crippen LogP contribution in [-0.4, -0.2) is 74.6 Å². The molecule has 0 radical (unpaired) electrons. The number of para-hydroxylation sites is 1. The molecule has 3 aromatic rings. The summed E-state index contributed by atoms with van der Waals surface area (Å²) in [5, 5.41) is 16.4. The number of hydrogen-bond acceptors (Lipinski definition) is 12. The number of carbonyl (C=O) groups is 3. The molecule has 1 aromatic carbocycles. The number of ketones is 2. The highest BCUT2D eigenvalue weighted by Gasteiger charge is 2.60. The Morgan fingerprint density at radius 1 is 0.964 bits per heavy atom. The Hall–Kier alpha value is -4.78. The Balaban J connectivity index is 1.72. The molecular formula is C43H56N8O5. The van der Waals surface area contributed by atoms with Crippen molar-refractivity contribution in [2.45, 2.75) is 115 Å². The zero-order valence-corrected chi connectivity index (χ0v) is 32.8. The van der Waals surface area contributed by atoms with Gasteiger partial charge >= 0.3 is 0 Å². The second kappa shape index (κ2) is 18.9. The van der Waals surface area contributed by atoms with Crippen molar-refractivity contribution in [3.63, 3.8) is 0 Å². The molecule has 13 nitrogen and oxygen atoms in total. The maximum atomic E-state index is 15.6. The average molecular weight is 765 g/mol. The van der Waals surface area contributed by atoms with E-state index in [0.717, 1.165) is 37.5 Å². The Morgan fingerprint density at radius 2 is 1.68 bits per heavy atom. The maximum Gasteiger partial charge on any atom is 0.239 e. The van der Waals surface area contributed by atoms with Gasteiger partial charge in [-0.05, 0) is 48.4 Å². The number of Topliss-reactive ketones (excluding diaryl/α,β-unsaturated/α-hetero) is 2. The lowest BCUT2D eigenvalue weighted by Gasteiger charge is -2.46. The first-order valence-electron chi connectivity index (χ1n) is 19.8. The van der Waals surface area contributed by atoms with Crippen LogP contribution in [0.1, 0.15) is 102 Å². The molecule has 1 aliphatic carbocycles. The van der Waals surface area contributed by atoms with E-state index < -0.39 is 65.0 Å². The van der Waals surface area contributed by atoms with Gasteiger partial charge in [0.15, 0.2) is 17.5 Å². The van der Waals surface area contributed by atoms with Crippen LogP contribution in [0, 0.1) is 23.2 Å². The highest BCUT2D eigenvalue weighted by atomic mass is 16.3. The lowest BCUT2D eigenvalue weighted by atomic mass is 9.58. The Labute approximate surface area is 328 Å². The number of benzene rings is 1. The Morgan fingerprint density at radius 3 is 2.32 bits per heavy atom. The summed E-state index contributed by atoms with van der Waals surface area (Å²) in [6.45, 7) is 7.19. The predicted octanol–water partition coefficient (Wildman–Crippen LogP) is 4.30. The SMILES string of the molecule is CC[C@H](C)[C@H](N)C(=O)C(NC(=O)[C@@](C(=O)[C@@H](N)CC1=NC(=C=O)N=C1)(C(C)C)C(c1ccc2ccccc2n1)[C@H](O)[C@@H](N)CC1CCCCC1)c1ccccn1. The van der Waals surface area contributed by atoms with Crippen molar-refractivity contribution in [3.8, 4) is 0 Å². The first-order chi connectivity index (χ1) is 26.8. The van der Waals surface area contributed by atoms with E-state index in [2.05, 4.69) is 20.3 Å². The van der Waals surface area contributed by atoms with Gasteiger partial charge in [-0.25, -0.2) is 14.8 Å². The number of pyridine rings is 2. The van der Waals surface area contributed by atoms with Crippen molar-refractivity contribution < 1.29 is 24.3 Å². The first kappa shape index (κ1) is 42.4. The molecule has 13 heteroatoms. The lowest BCUT2D eigenvalue weighted by Crippen LogP contribution is -2.63. The number of aliphatic hydroxyl groups excluding tert-OH is 1. The number of nitrogens with two attached hydrogens (primary N) is 3. The topological polar surface area (TPSA) is 229 Å². The van der Waals surface area contributed by atoms with Crippen molar-refractivity contribution in [3.05, 3.63) is 78.0 Å². The van der Waals surface area contributed by atoms with Crippen molar-refractivity contribution in [1.29, 1.82) is 0 Å². The number of nitrogens with one attached hydrogen (secondary N) is 1. The van der Waals surface area contributed by atoms with Gasteiger partial charge in [0.25, 0.3) is 0 Å². The normalized spacial score (nSPS) is 19.6. The Kier molecular flexibility index (Phi) is 14.3. The minimum Gasteiger partial charge on any atom is -0.391 e. The number of nitrogens with zero attached hydrogens (tertiary/aromatic N) is 4. The van der Waals surface area contributed by atoms with Crippen LogP contribution in [-0.2, 0) is 19.2 Å². The summed E-state index contributed by atoms with van der Waals surface area (Å²) in [6.07, 6.45) is 7.45. The van der Waals surface area contributed by atoms with E-state index in [-0.39, 0.29) is 41.2 Å². The number of hydrogen-bond donors (Lipinski definition) is 5. The molecule has 8 atom stereocenters. The summed E-state index contributed by atoms with van der Waals surface area (Å²) < 4.78 is 0. The van der Waals surface area contributed by atoms with Crippen molar-refractivity contribution in [1.82, 2.24) is 15.3 Å². The summed E-state index contributed by atoms with van der Waals surface area (Å²) in [7, 11) is 0. The zero-order chi connectivity index (χ0) is 40.6. The van der Waals surface area contributed by atoms with Gasteiger partial charge < -0.3 is 27.6 Å². The molecule has 2 aromatic heterocycles. The van der Waals surface area contributed by atoms with Gasteiger partial charge in [0.2, 0.25) is 11.7 Å². The second-order valence-electron chi connectivity index (χ2n) is 15.8. The molecular weight excluding hydrogens is 709 g/mol. The van der Waals surface area contributed by atoms with Gasteiger partial charge in [0.1, 0.15) is 11.5 Å². The smallest absolute Gasteiger partial charge is 0.239 e. The van der Waals surface area contributed by atoms with Gasteiger partial charge in [0.05, 0.1) is 47.2 Å². The van der Waals surface area contributed by atoms with Crippen LogP contribution in [0.5, 0.6) is 0 Å². The summed E-state index contributed by atoms with van der Waals surface area (Å²) >= 11 is 0. The van der Waals surface area contributed by atoms with E-state index in [9.17, 15) is 14.7 Å². The van der Waals surface area contributed by atoms with Gasteiger partial charge in [-0.2, -0.15) is 0 Å². The van der Waals surface area contributed by atoms with E-state index in [4.69, 9.17) is 22.2 Å². The number of amides is 1. The quantitative estimate of drug-likeness (QED) is 0.0911. The number of aliphatic imine (C=N–C) groups is 2. The third kappa shape index (κ3) is 9.09. The maximum absolute atomic E-state index is 15.6. The summed E-state index contributed by atoms with van der Waals surface area (Å²) in [6, 6.07) is 11.4. The largest absolute Gasteiger partial charge is 0.391 e. The van der Waals surface area contributed by atoms with Crippen LogP contribution in [0.15, 0.2) is 76.6 Å². The van der Waals surface area contributed by atoms with Gasteiger partial charge in [-0.1, -0.05) is 96.6 Å². The molecule has 0 spiro atoms. The molecule has 1 amide bonds. The van der Waals surface area contributed by atoms with E-state index in [1.165, 1.54) is 12.4 Å². The molecule has 1 fully saturated rings. The van der Waals surface area contributed by atoms with E-state index >= 15 is 9.59 Å². The molecule has 1 saturated carbocycles. The Bertz CT molecular complexity index is 1970. The third-order valence-corrected chi connectivity index (χ3v) is 11.8. The third-order valence-electron chi connectivity index (χ3n) is 11.8. The summed E-state index contributed by atoms with van der Waals surface area (Å²) in [4.78, 5) is 74.2. The van der Waals surface area contributed by atoms with E-state index in [0.29, 0.717) is 18.4 Å². The number of carbonyl (C=O) groups excluding carboxylic acids is 4. The number of fused-ring (bicyclic) bond motifs is 1. The van der Waals surface area contributed by atoms with E-state index in [1.54, 1.807) is 44.1 Å². The molecule has 8 N–H and O–H groups in total. The molecule has 0 bridgehead atoms. The first-order valence-corrected chi connectivity index (χ1v) is 19.8. The molecule has 2 aliphatic rings. The van der Waals surface area contributed by atoms with Crippen molar-refractivity contribution in [2.75, 3.05) is 0 Å². The van der Waals surface area contributed by atoms with Crippen LogP contribution in [0.25, 0.3) is 10.9 Å². The summed E-state index contributed by atoms with van der Waals surface area (Å²) in [5.74, 6) is -2.78. The standard InChI is InChI=1S/C43H56N8O5/c1-5-26(4)37(46)40(54)38(34-17-11-12-20-47-34)51-42(56)43(25(2)3,41(55)31(45)22-29-23-48-35(24-52)49-29)36(33-19-18-28-15-9-10-16-32(28)50-33)39(53)30(44)21-27-13-7-6-8-14-27/h9-12,15-20,23,25-27,30-31,36-39,53H,5-8,13-14,21-22,44-46H2,1-4H3,(H,51,56)/t26-,30-,31-,36?,37-,38?,39+,43-/m0/s1. The monoisotopic (exact) mass is 764 g/mol. The lowest BCUT2D eigenvalue weighted by molar-refractivity contribution is -0.153. The highest BCUT2D eigenvalue weighted by molar-refractivity contribution is 6.33. The molecule has 1 aliphatic heterocycles. The second-order valence-corrected chi connectivity index (χ2v) is 15.8. The van der Waals surface area contributed by atoms with Crippen LogP contribution >= 0.6 is 0 Å². The summed E-state index contributed by atoms with van der Waals surface area (Å²) in [5.41, 5.74) is 19.4. The van der Waals surface area contributed by atoms with Gasteiger partial charge in [0, 0.05) is 29.7 Å². The van der Waals surface area contributed by atoms with Crippen LogP contribution < -0.4 is 22.5 Å². The van der Waals surface area contributed by atoms with Crippen molar-refractivity contribution >= 4 is 46.2 Å². The van der Waals surface area contributed by atoms with Gasteiger partial charge in [-0.15, -0.1) is 0 Å². The van der Waals surface area contributed by atoms with Gasteiger partial charge in [-0.3, -0.25) is 24.4 Å². The molecule has 5 rings (SSSR count). The fourth-order valence-corrected chi connectivity index (χ4v) is 8.36. The average Bonchev–Trinajstić information content (AvgIpc) is 3.68. The van der Waals surface area contributed by atoms with E-state index in [1.807, 2.05) is 44.2 Å². The molecule has 298 valence electrons. The molecule has 0 saturated heterocycles. The highest BCUT2D eigenvalue weighted by Crippen LogP contribution is 2.48. The minimum absolute atomic E-state index is 0.182. The minimum atomic E-state index is -2.17. The predicted molar refractivity (Wildman–Crippen MR) is 217 cm³/mol. The van der Waals surface area contributed by atoms with Crippen LogP contribution in [0.2, 0.25) is 0 Å². The fourth-order valence-electron chi connectivity index (χ4n) is 8.36. The number of aliphatic hydroxyl groups is 1. The zero-order valence-electron chi connectivity index (χ0n) is 32.8. The fraction of sp³-hybridized carbons (Fsp3) is 0.512. The van der Waals surface area contributed by atoms with Crippen LogP contribution in [0.4, 0.5) is 0 Å². The number of aromatic nitrogens is 2. The molecule has 2 unspecified atom stereocenters. The number of rotatable bonds is 18. The molecule has 3 heterocycles. The van der Waals surface area contributed by atoms with Crippen molar-refractivity contribution in [2.24, 2.45) is 50.4 Å². The van der Waals surface area contributed by atoms with Crippen LogP contribution in [0.3, 0.4) is 0 Å². The molecule has 56 heavy (non-hydrogen) atoms.